The van der Waals surface area contributed by atoms with Crippen LogP contribution in [-0.4, -0.2) is 26.2 Å². The van der Waals surface area contributed by atoms with Gasteiger partial charge in [-0.1, -0.05) is 16.8 Å². The summed E-state index contributed by atoms with van der Waals surface area (Å²) in [5.74, 6) is 0. The molecule has 1 N–H and O–H groups in total. The van der Waals surface area contributed by atoms with Gasteiger partial charge in [-0.15, -0.1) is 0 Å². The maximum Gasteiger partial charge on any atom is 0.516 e. The molecule has 0 aliphatic heterocycles. The van der Waals surface area contributed by atoms with Gasteiger partial charge in [-0.2, -0.15) is 21.6 Å². The molecule has 0 aromatic heterocycles. The quantitative estimate of drug-likeness (QED) is 0.658. The average Bonchev–Trinajstić information content (AvgIpc) is 2.36. The maximum atomic E-state index is 12.4. The Hall–Kier alpha value is -1.48. The maximum absolute atomic E-state index is 12.4. The molecule has 1 rings (SSSR count). The van der Waals surface area contributed by atoms with Crippen LogP contribution in [0, 0.1) is 0 Å². The summed E-state index contributed by atoms with van der Waals surface area (Å²) in [6.07, 6.45) is 0. The van der Waals surface area contributed by atoms with Crippen LogP contribution in [0.4, 0.5) is 18.9 Å². The summed E-state index contributed by atoms with van der Waals surface area (Å²) in [6, 6.07) is 3.66. The van der Waals surface area contributed by atoms with E-state index in [1.54, 1.807) is 6.92 Å². The second-order valence-corrected chi connectivity index (χ2v) is 5.95. The molecule has 0 spiro atoms. The summed E-state index contributed by atoms with van der Waals surface area (Å²) in [7, 11) is -5.53. The van der Waals surface area contributed by atoms with Crippen LogP contribution < -0.4 is 4.72 Å². The largest absolute Gasteiger partial charge is 0.516 e. The number of hydrogen-bond acceptors (Lipinski definition) is 4. The zero-order valence-electron chi connectivity index (χ0n) is 11.0. The smallest absolute Gasteiger partial charge is 0.396 e. The SMILES string of the molecule is CCO/N=C(\C)c1cc(Cl)ccc1NS(=O)(=O)C(F)(F)F. The lowest BCUT2D eigenvalue weighted by atomic mass is 10.1. The number of anilines is 1. The molecule has 21 heavy (non-hydrogen) atoms. The Morgan fingerprint density at radius 1 is 1.43 bits per heavy atom. The van der Waals surface area contributed by atoms with E-state index in [4.69, 9.17) is 16.4 Å². The summed E-state index contributed by atoms with van der Waals surface area (Å²) in [5.41, 5.74) is -5.45. The first kappa shape index (κ1) is 17.6. The molecular weight excluding hydrogens is 333 g/mol. The van der Waals surface area contributed by atoms with Crippen LogP contribution in [0.5, 0.6) is 0 Å². The summed E-state index contributed by atoms with van der Waals surface area (Å²) >= 11 is 5.76. The standard InChI is InChI=1S/C11H12ClF3N2O3S/c1-3-20-16-7(2)9-6-8(12)4-5-10(9)17-21(18,19)11(13,14)15/h4-6,17H,3H2,1-2H3/b16-7+. The molecule has 0 fully saturated rings. The minimum absolute atomic E-state index is 0.0868. The number of sulfonamides is 1. The van der Waals surface area contributed by atoms with Crippen molar-refractivity contribution < 1.29 is 26.4 Å². The summed E-state index contributed by atoms with van der Waals surface area (Å²) in [6.45, 7) is 3.37. The molecule has 5 nitrogen and oxygen atoms in total. The van der Waals surface area contributed by atoms with Crippen LogP contribution in [0.3, 0.4) is 0 Å². The molecule has 1 aromatic rings. The molecular formula is C11H12ClF3N2O3S. The Morgan fingerprint density at radius 3 is 2.57 bits per heavy atom. The number of oxime groups is 1. The van der Waals surface area contributed by atoms with Crippen LogP contribution in [-0.2, 0) is 14.9 Å². The molecule has 0 amide bonds. The average molecular weight is 345 g/mol. The molecule has 0 heterocycles. The van der Waals surface area contributed by atoms with Crippen molar-refractivity contribution in [3.05, 3.63) is 28.8 Å². The second-order valence-electron chi connectivity index (χ2n) is 3.84. The van der Waals surface area contributed by atoms with E-state index in [-0.39, 0.29) is 28.6 Å². The van der Waals surface area contributed by atoms with Gasteiger partial charge in [-0.05, 0) is 32.0 Å². The van der Waals surface area contributed by atoms with E-state index in [1.165, 1.54) is 23.8 Å². The number of alkyl halides is 3. The van der Waals surface area contributed by atoms with Gasteiger partial charge in [0.1, 0.15) is 6.61 Å². The molecule has 0 saturated carbocycles. The molecule has 10 heteroatoms. The van der Waals surface area contributed by atoms with Crippen LogP contribution in [0.1, 0.15) is 19.4 Å². The Labute approximate surface area is 124 Å². The van der Waals surface area contributed by atoms with Gasteiger partial charge in [0.25, 0.3) is 0 Å². The molecule has 0 aliphatic rings. The normalized spacial score (nSPS) is 13.1. The van der Waals surface area contributed by atoms with Crippen LogP contribution >= 0.6 is 11.6 Å². The predicted molar refractivity (Wildman–Crippen MR) is 73.9 cm³/mol. The highest BCUT2D eigenvalue weighted by Gasteiger charge is 2.46. The van der Waals surface area contributed by atoms with E-state index >= 15 is 0 Å². The van der Waals surface area contributed by atoms with Crippen LogP contribution in [0.25, 0.3) is 0 Å². The van der Waals surface area contributed by atoms with Gasteiger partial charge in [0, 0.05) is 10.6 Å². The lowest BCUT2D eigenvalue weighted by molar-refractivity contribution is -0.0429. The molecule has 118 valence electrons. The molecule has 0 bridgehead atoms. The van der Waals surface area contributed by atoms with Crippen molar-refractivity contribution in [2.45, 2.75) is 19.4 Å². The predicted octanol–water partition coefficient (Wildman–Crippen LogP) is 3.36. The number of rotatable bonds is 5. The molecule has 0 radical (unpaired) electrons. The first-order chi connectivity index (χ1) is 9.58. The fourth-order valence-electron chi connectivity index (χ4n) is 1.32. The summed E-state index contributed by atoms with van der Waals surface area (Å²) < 4.78 is 61.0. The molecule has 0 aliphatic carbocycles. The first-order valence-corrected chi connectivity index (χ1v) is 7.50. The lowest BCUT2D eigenvalue weighted by Gasteiger charge is -2.14. The van der Waals surface area contributed by atoms with Crippen LogP contribution in [0.15, 0.2) is 23.4 Å². The van der Waals surface area contributed by atoms with Crippen molar-refractivity contribution in [1.29, 1.82) is 0 Å². The van der Waals surface area contributed by atoms with Crippen molar-refractivity contribution in [1.82, 2.24) is 0 Å². The van der Waals surface area contributed by atoms with Crippen molar-refractivity contribution >= 4 is 33.0 Å². The van der Waals surface area contributed by atoms with Gasteiger partial charge in [0.15, 0.2) is 0 Å². The highest BCUT2D eigenvalue weighted by atomic mass is 35.5. The van der Waals surface area contributed by atoms with Crippen molar-refractivity contribution in [2.75, 3.05) is 11.3 Å². The van der Waals surface area contributed by atoms with Crippen molar-refractivity contribution in [2.24, 2.45) is 5.16 Å². The highest BCUT2D eigenvalue weighted by molar-refractivity contribution is 7.93. The first-order valence-electron chi connectivity index (χ1n) is 5.64. The zero-order chi connectivity index (χ0) is 16.3. The van der Waals surface area contributed by atoms with Gasteiger partial charge in [-0.3, -0.25) is 4.72 Å². The molecule has 1 aromatic carbocycles. The van der Waals surface area contributed by atoms with E-state index in [1.807, 2.05) is 0 Å². The monoisotopic (exact) mass is 344 g/mol. The second kappa shape index (κ2) is 6.52. The van der Waals surface area contributed by atoms with E-state index in [2.05, 4.69) is 5.16 Å². The number of nitrogens with one attached hydrogen (secondary N) is 1. The van der Waals surface area contributed by atoms with Gasteiger partial charge in [0.2, 0.25) is 0 Å². The lowest BCUT2D eigenvalue weighted by Crippen LogP contribution is -2.30. The van der Waals surface area contributed by atoms with Crippen molar-refractivity contribution in [3.63, 3.8) is 0 Å². The highest BCUT2D eigenvalue weighted by Crippen LogP contribution is 2.28. The Morgan fingerprint density at radius 2 is 2.05 bits per heavy atom. The van der Waals surface area contributed by atoms with Gasteiger partial charge < -0.3 is 4.84 Å². The zero-order valence-corrected chi connectivity index (χ0v) is 12.6. The van der Waals surface area contributed by atoms with E-state index in [9.17, 15) is 21.6 Å². The number of halogens is 4. The Kier molecular flexibility index (Phi) is 5.46. The van der Waals surface area contributed by atoms with Gasteiger partial charge >= 0.3 is 15.5 Å². The fraction of sp³-hybridized carbons (Fsp3) is 0.364. The third kappa shape index (κ3) is 4.50. The summed E-state index contributed by atoms with van der Waals surface area (Å²) in [4.78, 5) is 4.79. The molecule has 0 saturated heterocycles. The van der Waals surface area contributed by atoms with E-state index in [0.29, 0.717) is 0 Å². The molecule has 0 unspecified atom stereocenters. The van der Waals surface area contributed by atoms with Gasteiger partial charge in [-0.25, -0.2) is 0 Å². The van der Waals surface area contributed by atoms with Gasteiger partial charge in [0.05, 0.1) is 11.4 Å². The van der Waals surface area contributed by atoms with E-state index < -0.39 is 15.5 Å². The molecule has 0 atom stereocenters. The summed E-state index contributed by atoms with van der Waals surface area (Å²) in [5, 5.41) is 3.86. The Balaban J connectivity index is 3.26. The topological polar surface area (TPSA) is 67.8 Å². The minimum Gasteiger partial charge on any atom is -0.396 e. The number of hydrogen-bond donors (Lipinski definition) is 1. The van der Waals surface area contributed by atoms with Crippen LogP contribution in [0.2, 0.25) is 5.02 Å². The third-order valence-electron chi connectivity index (χ3n) is 2.25. The van der Waals surface area contributed by atoms with E-state index in [0.717, 1.165) is 6.07 Å². The fourth-order valence-corrected chi connectivity index (χ4v) is 2.07. The minimum atomic E-state index is -5.53. The number of benzene rings is 1. The third-order valence-corrected chi connectivity index (χ3v) is 3.58. The Bertz CT molecular complexity index is 645. The number of nitrogens with zero attached hydrogens (tertiary/aromatic N) is 1. The van der Waals surface area contributed by atoms with Crippen molar-refractivity contribution in [3.8, 4) is 0 Å².